The fraction of sp³-hybridized carbons (Fsp3) is 0.522. The van der Waals surface area contributed by atoms with Crippen LogP contribution in [0.5, 0.6) is 0 Å². The van der Waals surface area contributed by atoms with Gasteiger partial charge in [-0.3, -0.25) is 38.7 Å². The van der Waals surface area contributed by atoms with Crippen LogP contribution in [0.1, 0.15) is 12.5 Å². The Labute approximate surface area is 213 Å². The quantitative estimate of drug-likeness (QED) is 0.125. The molecular weight excluding hydrogens is 492 g/mol. The molecule has 1 rings (SSSR count). The average molecular weight is 527 g/mol. The van der Waals surface area contributed by atoms with Crippen molar-refractivity contribution in [2.75, 3.05) is 64.2 Å². The van der Waals surface area contributed by atoms with Gasteiger partial charge in [-0.1, -0.05) is 12.1 Å². The minimum absolute atomic E-state index is 0.0449. The molecule has 14 nitrogen and oxygen atoms in total. The lowest BCUT2D eigenvalue weighted by Crippen LogP contribution is -2.51. The fourth-order valence-electron chi connectivity index (χ4n) is 3.81. The Morgan fingerprint density at radius 1 is 0.703 bits per heavy atom. The highest BCUT2D eigenvalue weighted by Crippen LogP contribution is 2.15. The summed E-state index contributed by atoms with van der Waals surface area (Å²) in [6.45, 7) is -0.395. The smallest absolute Gasteiger partial charge is 0.317 e. The lowest BCUT2D eigenvalue weighted by atomic mass is 10.0. The molecule has 0 aromatic heterocycles. The van der Waals surface area contributed by atoms with Crippen LogP contribution in [0.25, 0.3) is 0 Å². The zero-order chi connectivity index (χ0) is 28.0. The van der Waals surface area contributed by atoms with E-state index >= 15 is 0 Å². The van der Waals surface area contributed by atoms with Gasteiger partial charge < -0.3 is 30.8 Å². The molecule has 0 amide bonds. The third-order valence-electron chi connectivity index (χ3n) is 5.28. The van der Waals surface area contributed by atoms with Crippen LogP contribution in [0.2, 0.25) is 0 Å². The Hall–Kier alpha value is -3.75. The first-order chi connectivity index (χ1) is 17.4. The number of rotatable bonds is 20. The van der Waals surface area contributed by atoms with Crippen LogP contribution in [0, 0.1) is 0 Å². The summed E-state index contributed by atoms with van der Waals surface area (Å²) < 4.78 is 0. The number of benzene rings is 1. The maximum absolute atomic E-state index is 11.5. The van der Waals surface area contributed by atoms with Gasteiger partial charge in [-0.2, -0.15) is 0 Å². The van der Waals surface area contributed by atoms with Crippen molar-refractivity contribution in [3.8, 4) is 0 Å². The van der Waals surface area contributed by atoms with E-state index < -0.39 is 68.6 Å². The molecule has 0 saturated carbocycles. The predicted molar refractivity (Wildman–Crippen MR) is 131 cm³/mol. The topological polar surface area (TPSA) is 208 Å². The Kier molecular flexibility index (Phi) is 13.6. The summed E-state index contributed by atoms with van der Waals surface area (Å²) >= 11 is 0. The summed E-state index contributed by atoms with van der Waals surface area (Å²) in [5.41, 5.74) is 1.63. The predicted octanol–water partition coefficient (Wildman–Crippen LogP) is -0.641. The van der Waals surface area contributed by atoms with E-state index in [1.165, 1.54) is 9.80 Å². The van der Waals surface area contributed by atoms with E-state index in [0.717, 1.165) is 16.2 Å². The van der Waals surface area contributed by atoms with E-state index in [1.54, 1.807) is 12.1 Å². The first-order valence-corrected chi connectivity index (χ1v) is 11.5. The summed E-state index contributed by atoms with van der Waals surface area (Å²) in [5, 5.41) is 49.4. The van der Waals surface area contributed by atoms with Gasteiger partial charge in [0.2, 0.25) is 0 Å². The molecule has 1 aromatic carbocycles. The molecule has 0 spiro atoms. The molecule has 0 radical (unpaired) electrons. The maximum atomic E-state index is 11.5. The molecule has 1 unspecified atom stereocenters. The number of anilines is 1. The molecule has 206 valence electrons. The number of carboxylic acids is 5. The third kappa shape index (κ3) is 13.8. The van der Waals surface area contributed by atoms with Crippen LogP contribution < -0.4 is 5.32 Å². The van der Waals surface area contributed by atoms with Gasteiger partial charge >= 0.3 is 29.8 Å². The number of hydrogen-bond donors (Lipinski definition) is 6. The van der Waals surface area contributed by atoms with Crippen LogP contribution >= 0.6 is 0 Å². The number of carbonyl (C=O) groups is 5. The molecule has 0 fully saturated rings. The molecule has 1 aromatic rings. The van der Waals surface area contributed by atoms with Gasteiger partial charge in [0.25, 0.3) is 0 Å². The molecule has 0 aliphatic carbocycles. The van der Waals surface area contributed by atoms with Crippen molar-refractivity contribution in [1.82, 2.24) is 14.7 Å². The van der Waals surface area contributed by atoms with Crippen LogP contribution in [0.15, 0.2) is 24.3 Å². The van der Waals surface area contributed by atoms with Crippen LogP contribution in [0.3, 0.4) is 0 Å². The minimum atomic E-state index is -1.26. The van der Waals surface area contributed by atoms with Crippen molar-refractivity contribution in [2.45, 2.75) is 19.4 Å². The molecular formula is C23H34N4O10. The Balaban J connectivity index is 3.21. The Morgan fingerprint density at radius 2 is 1.14 bits per heavy atom. The molecule has 37 heavy (non-hydrogen) atoms. The monoisotopic (exact) mass is 526 g/mol. The number of carboxylic acid groups (broad SMARTS) is 5. The van der Waals surface area contributed by atoms with Crippen LogP contribution in [-0.2, 0) is 30.4 Å². The number of nitrogens with zero attached hydrogens (tertiary/aromatic N) is 3. The highest BCUT2D eigenvalue weighted by molar-refractivity contribution is 5.73. The molecule has 0 aliphatic rings. The van der Waals surface area contributed by atoms with E-state index in [2.05, 4.69) is 5.32 Å². The molecule has 0 bridgehead atoms. The fourth-order valence-corrected chi connectivity index (χ4v) is 3.81. The Bertz CT molecular complexity index is 893. The van der Waals surface area contributed by atoms with Gasteiger partial charge in [0.15, 0.2) is 0 Å². The highest BCUT2D eigenvalue weighted by Gasteiger charge is 2.27. The summed E-state index contributed by atoms with van der Waals surface area (Å²) in [7, 11) is 0. The van der Waals surface area contributed by atoms with Crippen molar-refractivity contribution in [3.05, 3.63) is 29.8 Å². The summed E-state index contributed by atoms with van der Waals surface area (Å²) in [4.78, 5) is 60.4. The van der Waals surface area contributed by atoms with Gasteiger partial charge in [0.05, 0.1) is 32.7 Å². The zero-order valence-corrected chi connectivity index (χ0v) is 20.6. The number of nitrogens with one attached hydrogen (secondary N) is 1. The summed E-state index contributed by atoms with van der Waals surface area (Å²) in [5.74, 6) is -6.22. The lowest BCUT2D eigenvalue weighted by Gasteiger charge is -2.34. The lowest BCUT2D eigenvalue weighted by molar-refractivity contribution is -0.144. The molecule has 1 atom stereocenters. The normalized spacial score (nSPS) is 12.0. The van der Waals surface area contributed by atoms with Crippen LogP contribution in [-0.4, -0.2) is 135 Å². The van der Waals surface area contributed by atoms with Gasteiger partial charge in [0, 0.05) is 37.9 Å². The second-order valence-corrected chi connectivity index (χ2v) is 8.40. The molecule has 0 aliphatic heterocycles. The standard InChI is InChI=1S/C23H34N4O10/c1-2-24-17-5-3-16(4-6-17)9-18(27(14-22(34)35)15-23(36)37)10-25(11-19(28)29)7-8-26(12-20(30)31)13-21(32)33/h3-6,18,24H,2,7-15H2,1H3,(H,28,29)(H,30,31)(H,32,33)(H,34,35)(H,36,37). The number of hydrogen-bond acceptors (Lipinski definition) is 9. The summed E-state index contributed by atoms with van der Waals surface area (Å²) in [6.07, 6.45) is 0.205. The first-order valence-electron chi connectivity index (χ1n) is 11.5. The first kappa shape index (κ1) is 31.3. The van der Waals surface area contributed by atoms with E-state index in [0.29, 0.717) is 6.54 Å². The minimum Gasteiger partial charge on any atom is -0.480 e. The van der Waals surface area contributed by atoms with Gasteiger partial charge in [0.1, 0.15) is 0 Å². The molecule has 0 saturated heterocycles. The molecule has 6 N–H and O–H groups in total. The van der Waals surface area contributed by atoms with Gasteiger partial charge in [-0.05, 0) is 31.0 Å². The molecule has 0 heterocycles. The average Bonchev–Trinajstić information content (AvgIpc) is 2.76. The SMILES string of the molecule is CCNc1ccc(CC(CN(CCN(CC(=O)O)CC(=O)O)CC(=O)O)N(CC(=O)O)CC(=O)O)cc1. The van der Waals surface area contributed by atoms with E-state index in [-0.39, 0.29) is 26.1 Å². The van der Waals surface area contributed by atoms with E-state index in [9.17, 15) is 39.3 Å². The van der Waals surface area contributed by atoms with Crippen molar-refractivity contribution in [1.29, 1.82) is 0 Å². The second-order valence-electron chi connectivity index (χ2n) is 8.40. The van der Waals surface area contributed by atoms with Crippen molar-refractivity contribution in [3.63, 3.8) is 0 Å². The van der Waals surface area contributed by atoms with Crippen LogP contribution in [0.4, 0.5) is 5.69 Å². The molecule has 14 heteroatoms. The van der Waals surface area contributed by atoms with Gasteiger partial charge in [-0.25, -0.2) is 0 Å². The Morgan fingerprint density at radius 3 is 1.57 bits per heavy atom. The largest absolute Gasteiger partial charge is 0.480 e. The third-order valence-corrected chi connectivity index (χ3v) is 5.28. The highest BCUT2D eigenvalue weighted by atomic mass is 16.4. The van der Waals surface area contributed by atoms with E-state index in [4.69, 9.17) is 10.2 Å². The van der Waals surface area contributed by atoms with E-state index in [1.807, 2.05) is 19.1 Å². The maximum Gasteiger partial charge on any atom is 0.317 e. The van der Waals surface area contributed by atoms with Crippen molar-refractivity contribution < 1.29 is 49.5 Å². The van der Waals surface area contributed by atoms with Gasteiger partial charge in [-0.15, -0.1) is 0 Å². The number of aliphatic carboxylic acids is 5. The summed E-state index contributed by atoms with van der Waals surface area (Å²) in [6, 6.07) is 6.50. The van der Waals surface area contributed by atoms with Crippen molar-refractivity contribution in [2.24, 2.45) is 0 Å². The second kappa shape index (κ2) is 16.1. The van der Waals surface area contributed by atoms with Crippen molar-refractivity contribution >= 4 is 35.5 Å². The zero-order valence-electron chi connectivity index (χ0n) is 20.6.